The van der Waals surface area contributed by atoms with Gasteiger partial charge >= 0.3 is 0 Å². The molecule has 0 amide bonds. The molecule has 1 heteroatoms. The number of aldehydes is 1. The first kappa shape index (κ1) is 6.64. The van der Waals surface area contributed by atoms with Crippen molar-refractivity contribution in [2.24, 2.45) is 23.7 Å². The fourth-order valence-corrected chi connectivity index (χ4v) is 3.27. The van der Waals surface area contributed by atoms with Crippen LogP contribution < -0.4 is 0 Å². The Morgan fingerprint density at radius 1 is 1.50 bits per heavy atom. The van der Waals surface area contributed by atoms with Crippen molar-refractivity contribution < 1.29 is 4.79 Å². The van der Waals surface area contributed by atoms with Gasteiger partial charge < -0.3 is 0 Å². The van der Waals surface area contributed by atoms with E-state index < -0.39 is 0 Å². The highest BCUT2D eigenvalue weighted by Gasteiger charge is 2.47. The van der Waals surface area contributed by atoms with E-state index in [-0.39, 0.29) is 0 Å². The molecular formula is C11H12O. The van der Waals surface area contributed by atoms with Crippen LogP contribution in [0.4, 0.5) is 0 Å². The van der Waals surface area contributed by atoms with Crippen molar-refractivity contribution in [2.75, 3.05) is 0 Å². The lowest BCUT2D eigenvalue weighted by atomic mass is 9.82. The van der Waals surface area contributed by atoms with Gasteiger partial charge in [-0.15, -0.1) is 0 Å². The van der Waals surface area contributed by atoms with E-state index in [9.17, 15) is 4.79 Å². The van der Waals surface area contributed by atoms with E-state index in [4.69, 9.17) is 0 Å². The molecule has 0 unspecified atom stereocenters. The summed E-state index contributed by atoms with van der Waals surface area (Å²) in [5, 5.41) is 0. The summed E-state index contributed by atoms with van der Waals surface area (Å²) in [5.41, 5.74) is 1.09. The Morgan fingerprint density at radius 2 is 2.42 bits per heavy atom. The standard InChI is InChI=1S/C11H12O/c12-6-8-4-7-5-11(8)10-3-1-2-9(7)10/h1-2,4,6-7,9-11H,3,5H2/t7-,9-,10-,11-/m1/s1. The second kappa shape index (κ2) is 2.09. The van der Waals surface area contributed by atoms with Crippen LogP contribution in [0, 0.1) is 23.7 Å². The summed E-state index contributed by atoms with van der Waals surface area (Å²) in [6.07, 6.45) is 10.4. The molecular weight excluding hydrogens is 148 g/mol. The molecule has 1 fully saturated rings. The van der Waals surface area contributed by atoms with Crippen LogP contribution in [0.1, 0.15) is 12.8 Å². The Bertz CT molecular complexity index is 287. The zero-order valence-corrected chi connectivity index (χ0v) is 6.94. The number of hydrogen-bond donors (Lipinski definition) is 0. The number of hydrogen-bond acceptors (Lipinski definition) is 1. The van der Waals surface area contributed by atoms with Gasteiger partial charge in [0.05, 0.1) is 0 Å². The molecule has 0 saturated heterocycles. The largest absolute Gasteiger partial charge is 0.298 e. The lowest BCUT2D eigenvalue weighted by molar-refractivity contribution is -0.105. The van der Waals surface area contributed by atoms with Crippen LogP contribution in [0.5, 0.6) is 0 Å². The van der Waals surface area contributed by atoms with Crippen LogP contribution in [0.15, 0.2) is 23.8 Å². The normalized spacial score (nSPS) is 47.8. The van der Waals surface area contributed by atoms with Crippen molar-refractivity contribution in [3.63, 3.8) is 0 Å². The van der Waals surface area contributed by atoms with Gasteiger partial charge in [0.25, 0.3) is 0 Å². The van der Waals surface area contributed by atoms with Crippen molar-refractivity contribution in [2.45, 2.75) is 12.8 Å². The van der Waals surface area contributed by atoms with Gasteiger partial charge in [0, 0.05) is 0 Å². The van der Waals surface area contributed by atoms with Gasteiger partial charge in [0.2, 0.25) is 0 Å². The van der Waals surface area contributed by atoms with Gasteiger partial charge in [-0.3, -0.25) is 4.79 Å². The predicted molar refractivity (Wildman–Crippen MR) is 46.5 cm³/mol. The highest BCUT2D eigenvalue weighted by atomic mass is 16.1. The first-order valence-corrected chi connectivity index (χ1v) is 4.73. The zero-order valence-electron chi connectivity index (χ0n) is 6.94. The van der Waals surface area contributed by atoms with Crippen molar-refractivity contribution in [1.29, 1.82) is 0 Å². The molecule has 12 heavy (non-hydrogen) atoms. The fraction of sp³-hybridized carbons (Fsp3) is 0.545. The van der Waals surface area contributed by atoms with Gasteiger partial charge in [-0.25, -0.2) is 0 Å². The Morgan fingerprint density at radius 3 is 3.25 bits per heavy atom. The van der Waals surface area contributed by atoms with Gasteiger partial charge in [0.15, 0.2) is 0 Å². The van der Waals surface area contributed by atoms with Crippen molar-refractivity contribution >= 4 is 6.29 Å². The zero-order chi connectivity index (χ0) is 8.13. The average Bonchev–Trinajstić information content (AvgIpc) is 2.75. The Kier molecular flexibility index (Phi) is 1.16. The van der Waals surface area contributed by atoms with E-state index in [1.165, 1.54) is 12.8 Å². The number of rotatable bonds is 1. The van der Waals surface area contributed by atoms with Crippen LogP contribution in [0.25, 0.3) is 0 Å². The molecule has 3 rings (SSSR count). The van der Waals surface area contributed by atoms with E-state index in [1.54, 1.807) is 0 Å². The van der Waals surface area contributed by atoms with Gasteiger partial charge in [-0.05, 0) is 42.1 Å². The number of carbonyl (C=O) groups is 1. The second-order valence-electron chi connectivity index (χ2n) is 4.20. The first-order chi connectivity index (χ1) is 5.90. The summed E-state index contributed by atoms with van der Waals surface area (Å²) in [6, 6.07) is 0. The third-order valence-corrected chi connectivity index (χ3v) is 3.77. The molecule has 3 aliphatic rings. The summed E-state index contributed by atoms with van der Waals surface area (Å²) in [6.45, 7) is 0. The van der Waals surface area contributed by atoms with E-state index in [1.807, 2.05) is 0 Å². The summed E-state index contributed by atoms with van der Waals surface area (Å²) in [5.74, 6) is 2.85. The van der Waals surface area contributed by atoms with Crippen LogP contribution in [-0.2, 0) is 4.79 Å². The first-order valence-electron chi connectivity index (χ1n) is 4.73. The van der Waals surface area contributed by atoms with Crippen LogP contribution in [0.3, 0.4) is 0 Å². The molecule has 0 spiro atoms. The topological polar surface area (TPSA) is 17.1 Å². The summed E-state index contributed by atoms with van der Waals surface area (Å²) in [4.78, 5) is 10.7. The summed E-state index contributed by atoms with van der Waals surface area (Å²) in [7, 11) is 0. The summed E-state index contributed by atoms with van der Waals surface area (Å²) >= 11 is 0. The molecule has 0 aromatic carbocycles. The third kappa shape index (κ3) is 0.626. The predicted octanol–water partition coefficient (Wildman–Crippen LogP) is 1.95. The van der Waals surface area contributed by atoms with E-state index in [2.05, 4.69) is 18.2 Å². The van der Waals surface area contributed by atoms with Gasteiger partial charge in [-0.1, -0.05) is 18.2 Å². The van der Waals surface area contributed by atoms with E-state index >= 15 is 0 Å². The minimum atomic E-state index is 0.604. The van der Waals surface area contributed by atoms with Crippen molar-refractivity contribution in [3.05, 3.63) is 23.8 Å². The Labute approximate surface area is 72.2 Å². The van der Waals surface area contributed by atoms with Crippen molar-refractivity contribution in [1.82, 2.24) is 0 Å². The van der Waals surface area contributed by atoms with E-state index in [0.29, 0.717) is 11.8 Å². The van der Waals surface area contributed by atoms with Gasteiger partial charge in [-0.2, -0.15) is 0 Å². The number of fused-ring (bicyclic) bond motifs is 5. The third-order valence-electron chi connectivity index (χ3n) is 3.77. The molecule has 62 valence electrons. The lowest BCUT2D eigenvalue weighted by Gasteiger charge is -2.22. The molecule has 3 aliphatic carbocycles. The minimum Gasteiger partial charge on any atom is -0.298 e. The minimum absolute atomic E-state index is 0.604. The second-order valence-corrected chi connectivity index (χ2v) is 4.20. The molecule has 0 aromatic heterocycles. The van der Waals surface area contributed by atoms with Crippen LogP contribution in [0.2, 0.25) is 0 Å². The molecule has 0 N–H and O–H groups in total. The monoisotopic (exact) mass is 160 g/mol. The Balaban J connectivity index is 2.00. The maximum Gasteiger partial charge on any atom is 0.146 e. The quantitative estimate of drug-likeness (QED) is 0.423. The SMILES string of the molecule is O=CC1=C[C@@H]2C[C@H]1[C@@H]1CC=C[C@@H]12. The number of carbonyl (C=O) groups excluding carboxylic acids is 1. The van der Waals surface area contributed by atoms with Gasteiger partial charge in [0.1, 0.15) is 6.29 Å². The average molecular weight is 160 g/mol. The molecule has 2 bridgehead atoms. The molecule has 0 radical (unpaired) electrons. The molecule has 1 saturated carbocycles. The number of allylic oxidation sites excluding steroid dienone is 4. The van der Waals surface area contributed by atoms with Crippen LogP contribution in [-0.4, -0.2) is 6.29 Å². The highest BCUT2D eigenvalue weighted by Crippen LogP contribution is 2.55. The maximum absolute atomic E-state index is 10.7. The molecule has 4 atom stereocenters. The Hall–Kier alpha value is -0.850. The lowest BCUT2D eigenvalue weighted by Crippen LogP contribution is -2.17. The van der Waals surface area contributed by atoms with Crippen LogP contribution >= 0.6 is 0 Å². The maximum atomic E-state index is 10.7. The molecule has 1 nitrogen and oxygen atoms in total. The smallest absolute Gasteiger partial charge is 0.146 e. The van der Waals surface area contributed by atoms with E-state index in [0.717, 1.165) is 23.7 Å². The molecule has 0 aromatic rings. The summed E-state index contributed by atoms with van der Waals surface area (Å²) < 4.78 is 0. The molecule has 0 heterocycles. The van der Waals surface area contributed by atoms with Crippen molar-refractivity contribution in [3.8, 4) is 0 Å². The molecule has 0 aliphatic heterocycles. The fourth-order valence-electron chi connectivity index (χ4n) is 3.27. The highest BCUT2D eigenvalue weighted by molar-refractivity contribution is 5.76.